The van der Waals surface area contributed by atoms with Gasteiger partial charge >= 0.3 is 6.03 Å². The van der Waals surface area contributed by atoms with E-state index in [0.29, 0.717) is 18.7 Å². The van der Waals surface area contributed by atoms with Crippen LogP contribution in [0.3, 0.4) is 0 Å². The van der Waals surface area contributed by atoms with E-state index in [1.807, 2.05) is 70.3 Å². The number of carbonyl (C=O) groups is 3. The number of fused-ring (bicyclic) bond motifs is 1. The van der Waals surface area contributed by atoms with Gasteiger partial charge in [-0.3, -0.25) is 9.59 Å². The molecule has 1 aliphatic heterocycles. The smallest absolute Gasteiger partial charge is 0.319 e. The lowest BCUT2D eigenvalue weighted by Crippen LogP contribution is -2.40. The van der Waals surface area contributed by atoms with E-state index in [-0.39, 0.29) is 30.4 Å². The molecular formula is C25H29N5O3. The minimum atomic E-state index is -0.336. The zero-order valence-corrected chi connectivity index (χ0v) is 19.0. The van der Waals surface area contributed by atoms with E-state index in [1.54, 1.807) is 19.0 Å². The van der Waals surface area contributed by atoms with Crippen molar-refractivity contribution in [1.82, 2.24) is 19.7 Å². The molecule has 1 fully saturated rings. The predicted octanol–water partition coefficient (Wildman–Crippen LogP) is 3.21. The molecule has 0 saturated carbocycles. The van der Waals surface area contributed by atoms with Crippen molar-refractivity contribution in [2.24, 2.45) is 0 Å². The molecule has 1 aliphatic rings. The van der Waals surface area contributed by atoms with Crippen LogP contribution in [0.25, 0.3) is 10.9 Å². The molecule has 1 unspecified atom stereocenters. The summed E-state index contributed by atoms with van der Waals surface area (Å²) < 4.78 is 1.89. The van der Waals surface area contributed by atoms with Gasteiger partial charge in [0, 0.05) is 56.4 Å². The number of hydrogen-bond donors (Lipinski definition) is 2. The van der Waals surface area contributed by atoms with Crippen molar-refractivity contribution in [2.45, 2.75) is 25.4 Å². The molecule has 1 saturated heterocycles. The van der Waals surface area contributed by atoms with Gasteiger partial charge in [-0.05, 0) is 36.2 Å². The highest BCUT2D eigenvalue weighted by Gasteiger charge is 2.25. The van der Waals surface area contributed by atoms with Crippen LogP contribution in [0.1, 0.15) is 24.4 Å². The van der Waals surface area contributed by atoms with Gasteiger partial charge in [-0.25, -0.2) is 4.79 Å². The van der Waals surface area contributed by atoms with Crippen LogP contribution >= 0.6 is 0 Å². The van der Waals surface area contributed by atoms with E-state index in [9.17, 15) is 14.4 Å². The van der Waals surface area contributed by atoms with Crippen LogP contribution in [0, 0.1) is 0 Å². The van der Waals surface area contributed by atoms with Crippen molar-refractivity contribution < 1.29 is 14.4 Å². The monoisotopic (exact) mass is 447 g/mol. The van der Waals surface area contributed by atoms with Gasteiger partial charge in [-0.15, -0.1) is 0 Å². The summed E-state index contributed by atoms with van der Waals surface area (Å²) in [7, 11) is 3.47. The number of anilines is 1. The van der Waals surface area contributed by atoms with Crippen LogP contribution in [0.15, 0.2) is 60.8 Å². The Labute approximate surface area is 193 Å². The lowest BCUT2D eigenvalue weighted by molar-refractivity contribution is -0.129. The highest BCUT2D eigenvalue weighted by atomic mass is 16.2. The van der Waals surface area contributed by atoms with Crippen molar-refractivity contribution in [1.29, 1.82) is 0 Å². The average molecular weight is 448 g/mol. The number of likely N-dealkylation sites (N-methyl/N-ethyl adjacent to an activating group) is 1. The molecule has 3 aromatic rings. The van der Waals surface area contributed by atoms with Gasteiger partial charge in [-0.2, -0.15) is 0 Å². The highest BCUT2D eigenvalue weighted by molar-refractivity contribution is 5.93. The van der Waals surface area contributed by atoms with Crippen LogP contribution in [-0.4, -0.2) is 59.4 Å². The zero-order chi connectivity index (χ0) is 23.4. The van der Waals surface area contributed by atoms with Crippen molar-refractivity contribution in [3.63, 3.8) is 0 Å². The second-order valence-electron chi connectivity index (χ2n) is 8.51. The molecule has 0 spiro atoms. The molecule has 4 rings (SSSR count). The van der Waals surface area contributed by atoms with E-state index < -0.39 is 0 Å². The Kier molecular flexibility index (Phi) is 6.63. The normalized spacial score (nSPS) is 14.4. The minimum absolute atomic E-state index is 0.0116. The lowest BCUT2D eigenvalue weighted by Gasteiger charge is -2.25. The number of hydrogen-bond acceptors (Lipinski definition) is 3. The van der Waals surface area contributed by atoms with E-state index >= 15 is 0 Å². The SMILES string of the molecule is CN(C)C(=O)Cn1ccc2cc(NC(=O)NC(CN3CCCC3=O)c3ccccc3)ccc21. The van der Waals surface area contributed by atoms with Crippen LogP contribution in [0.2, 0.25) is 0 Å². The molecular weight excluding hydrogens is 418 g/mol. The lowest BCUT2D eigenvalue weighted by atomic mass is 10.1. The van der Waals surface area contributed by atoms with Crippen LogP contribution in [-0.2, 0) is 16.1 Å². The van der Waals surface area contributed by atoms with E-state index in [4.69, 9.17) is 0 Å². The summed E-state index contributed by atoms with van der Waals surface area (Å²) >= 11 is 0. The van der Waals surface area contributed by atoms with Gasteiger partial charge in [0.1, 0.15) is 6.54 Å². The molecule has 33 heavy (non-hydrogen) atoms. The average Bonchev–Trinajstić information content (AvgIpc) is 3.39. The summed E-state index contributed by atoms with van der Waals surface area (Å²) in [6, 6.07) is 16.6. The maximum absolute atomic E-state index is 12.8. The molecule has 2 aromatic carbocycles. The fraction of sp³-hybridized carbons (Fsp3) is 0.320. The zero-order valence-electron chi connectivity index (χ0n) is 19.0. The third kappa shape index (κ3) is 5.34. The number of carbonyl (C=O) groups excluding carboxylic acids is 3. The molecule has 0 radical (unpaired) electrons. The third-order valence-electron chi connectivity index (χ3n) is 5.91. The molecule has 2 N–H and O–H groups in total. The Bertz CT molecular complexity index is 1160. The Morgan fingerprint density at radius 2 is 1.88 bits per heavy atom. The first-order valence-corrected chi connectivity index (χ1v) is 11.1. The minimum Gasteiger partial charge on any atom is -0.347 e. The number of aromatic nitrogens is 1. The Hall–Kier alpha value is -3.81. The highest BCUT2D eigenvalue weighted by Crippen LogP contribution is 2.22. The maximum Gasteiger partial charge on any atom is 0.319 e. The standard InChI is InChI=1S/C25H29N5O3/c1-28(2)24(32)17-29-14-12-19-15-20(10-11-22(19)29)26-25(33)27-21(18-7-4-3-5-8-18)16-30-13-6-9-23(30)31/h3-5,7-8,10-12,14-15,21H,6,9,13,16-17H2,1-2H3,(H2,26,27,33). The number of rotatable bonds is 7. The van der Waals surface area contributed by atoms with Gasteiger partial charge in [0.2, 0.25) is 11.8 Å². The molecule has 1 atom stereocenters. The molecule has 0 bridgehead atoms. The second kappa shape index (κ2) is 9.77. The van der Waals surface area contributed by atoms with Crippen molar-refractivity contribution in [2.75, 3.05) is 32.5 Å². The number of likely N-dealkylation sites (tertiary alicyclic amines) is 1. The Morgan fingerprint density at radius 3 is 2.58 bits per heavy atom. The summed E-state index contributed by atoms with van der Waals surface area (Å²) in [4.78, 5) is 40.4. The van der Waals surface area contributed by atoms with Gasteiger partial charge in [0.05, 0.1) is 6.04 Å². The van der Waals surface area contributed by atoms with Crippen LogP contribution < -0.4 is 10.6 Å². The third-order valence-corrected chi connectivity index (χ3v) is 5.91. The Morgan fingerprint density at radius 1 is 1.09 bits per heavy atom. The van der Waals surface area contributed by atoms with Crippen molar-refractivity contribution in [3.05, 3.63) is 66.4 Å². The largest absolute Gasteiger partial charge is 0.347 e. The molecule has 0 aliphatic carbocycles. The van der Waals surface area contributed by atoms with Gasteiger partial charge < -0.3 is 25.0 Å². The summed E-state index contributed by atoms with van der Waals surface area (Å²) in [6.07, 6.45) is 3.29. The molecule has 8 heteroatoms. The van der Waals surface area contributed by atoms with Crippen LogP contribution in [0.4, 0.5) is 10.5 Å². The summed E-state index contributed by atoms with van der Waals surface area (Å²) in [5.74, 6) is 0.137. The fourth-order valence-electron chi connectivity index (χ4n) is 4.07. The van der Waals surface area contributed by atoms with Gasteiger partial charge in [-0.1, -0.05) is 30.3 Å². The molecule has 1 aromatic heterocycles. The number of amides is 4. The van der Waals surface area contributed by atoms with E-state index in [1.165, 1.54) is 0 Å². The van der Waals surface area contributed by atoms with E-state index in [2.05, 4.69) is 10.6 Å². The van der Waals surface area contributed by atoms with Gasteiger partial charge in [0.25, 0.3) is 0 Å². The first-order valence-electron chi connectivity index (χ1n) is 11.1. The van der Waals surface area contributed by atoms with Crippen molar-refractivity contribution >= 4 is 34.4 Å². The fourth-order valence-corrected chi connectivity index (χ4v) is 4.07. The summed E-state index contributed by atoms with van der Waals surface area (Å²) in [5, 5.41) is 6.85. The predicted molar refractivity (Wildman–Crippen MR) is 128 cm³/mol. The Balaban J connectivity index is 1.45. The molecule has 4 amide bonds. The topological polar surface area (TPSA) is 86.7 Å². The van der Waals surface area contributed by atoms with Gasteiger partial charge in [0.15, 0.2) is 0 Å². The summed E-state index contributed by atoms with van der Waals surface area (Å²) in [5.41, 5.74) is 2.53. The molecule has 172 valence electrons. The quantitative estimate of drug-likeness (QED) is 0.583. The molecule has 8 nitrogen and oxygen atoms in total. The summed E-state index contributed by atoms with van der Waals surface area (Å²) in [6.45, 7) is 1.42. The molecule has 2 heterocycles. The number of nitrogens with zero attached hydrogens (tertiary/aromatic N) is 3. The first-order chi connectivity index (χ1) is 15.9. The number of urea groups is 1. The van der Waals surface area contributed by atoms with Crippen LogP contribution in [0.5, 0.6) is 0 Å². The van der Waals surface area contributed by atoms with E-state index in [0.717, 1.165) is 29.4 Å². The van der Waals surface area contributed by atoms with Crippen molar-refractivity contribution in [3.8, 4) is 0 Å². The second-order valence-corrected chi connectivity index (χ2v) is 8.51. The maximum atomic E-state index is 12.8. The number of nitrogens with one attached hydrogen (secondary N) is 2. The first kappa shape index (κ1) is 22.4. The number of benzene rings is 2.